The molecule has 1 aromatic rings. The molecule has 1 aromatic carbocycles. The van der Waals surface area contributed by atoms with E-state index in [-0.39, 0.29) is 0 Å². The molecule has 0 aliphatic rings. The summed E-state index contributed by atoms with van der Waals surface area (Å²) in [4.78, 5) is 0. The molecular formula is C9H16Si. The smallest absolute Gasteiger partial charge is 0.000585 e. The molecule has 0 fully saturated rings. The predicted molar refractivity (Wildman–Crippen MR) is 51.7 cm³/mol. The molecule has 0 nitrogen and oxygen atoms in total. The third-order valence-corrected chi connectivity index (χ3v) is 1.43. The zero-order valence-corrected chi connectivity index (χ0v) is 9.31. The van der Waals surface area contributed by atoms with Crippen molar-refractivity contribution >= 4 is 10.2 Å². The summed E-state index contributed by atoms with van der Waals surface area (Å²) in [6.45, 7) is 6.38. The van der Waals surface area contributed by atoms with E-state index in [9.17, 15) is 0 Å². The van der Waals surface area contributed by atoms with Gasteiger partial charge in [-0.15, -0.1) is 0 Å². The molecule has 0 aliphatic heterocycles. The maximum absolute atomic E-state index is 2.14. The molecule has 0 saturated heterocycles. The van der Waals surface area contributed by atoms with Crippen LogP contribution in [0.5, 0.6) is 0 Å². The Morgan fingerprint density at radius 3 is 1.40 bits per heavy atom. The number of aryl methyl sites for hydroxylation is 2. The van der Waals surface area contributed by atoms with Gasteiger partial charge in [0.2, 0.25) is 0 Å². The summed E-state index contributed by atoms with van der Waals surface area (Å²) in [5, 5.41) is 0. The molecule has 0 radical (unpaired) electrons. The summed E-state index contributed by atoms with van der Waals surface area (Å²) in [5.41, 5.74) is 2.74. The minimum absolute atomic E-state index is 1.31. The lowest BCUT2D eigenvalue weighted by molar-refractivity contribution is 1.34. The lowest BCUT2D eigenvalue weighted by Gasteiger charge is -1.93. The highest BCUT2D eigenvalue weighted by Gasteiger charge is 1.83. The van der Waals surface area contributed by atoms with Crippen LogP contribution >= 0.6 is 0 Å². The molecule has 0 N–H and O–H groups in total. The van der Waals surface area contributed by atoms with Crippen molar-refractivity contribution in [3.63, 3.8) is 0 Å². The molecule has 0 amide bonds. The first-order chi connectivity index (χ1) is 4.80. The average Bonchev–Trinajstić information content (AvgIpc) is 2.00. The standard InChI is InChI=1S/C8H10.CH6Si/c1-7-5-3-4-6-8(7)2;1-2/h3-6H,1-2H3;1-2H3. The van der Waals surface area contributed by atoms with Gasteiger partial charge in [0.1, 0.15) is 0 Å². The van der Waals surface area contributed by atoms with Gasteiger partial charge >= 0.3 is 0 Å². The largest absolute Gasteiger partial charge is 0.0777 e. The number of rotatable bonds is 0. The second-order valence-electron chi connectivity index (χ2n) is 2.08. The monoisotopic (exact) mass is 152 g/mol. The Kier molecular flexibility index (Phi) is 4.94. The van der Waals surface area contributed by atoms with E-state index in [0.717, 1.165) is 0 Å². The fourth-order valence-electron chi connectivity index (χ4n) is 0.663. The minimum Gasteiger partial charge on any atom is -0.0777 e. The highest BCUT2D eigenvalue weighted by molar-refractivity contribution is 6.05. The van der Waals surface area contributed by atoms with Crippen LogP contribution in [0.4, 0.5) is 0 Å². The fraction of sp³-hybridized carbons (Fsp3) is 0.333. The van der Waals surface area contributed by atoms with Gasteiger partial charge in [0.05, 0.1) is 0 Å². The predicted octanol–water partition coefficient (Wildman–Crippen LogP) is 1.70. The van der Waals surface area contributed by atoms with Crippen LogP contribution in [0.15, 0.2) is 24.3 Å². The Bertz CT molecular complexity index is 161. The summed E-state index contributed by atoms with van der Waals surface area (Å²) in [6, 6.07) is 8.36. The second kappa shape index (κ2) is 5.24. The Morgan fingerprint density at radius 1 is 0.900 bits per heavy atom. The second-order valence-corrected chi connectivity index (χ2v) is 2.08. The molecule has 0 heterocycles. The topological polar surface area (TPSA) is 0 Å². The highest BCUT2D eigenvalue weighted by atomic mass is 28.1. The molecular weight excluding hydrogens is 136 g/mol. The van der Waals surface area contributed by atoms with E-state index in [1.54, 1.807) is 0 Å². The molecule has 0 aromatic heterocycles. The van der Waals surface area contributed by atoms with Crippen molar-refractivity contribution in [2.24, 2.45) is 0 Å². The van der Waals surface area contributed by atoms with Gasteiger partial charge in [0, 0.05) is 0 Å². The van der Waals surface area contributed by atoms with E-state index >= 15 is 0 Å². The van der Waals surface area contributed by atoms with Gasteiger partial charge in [-0.05, 0) is 35.2 Å². The van der Waals surface area contributed by atoms with Gasteiger partial charge in [-0.25, -0.2) is 0 Å². The summed E-state index contributed by atoms with van der Waals surface area (Å²) in [7, 11) is 1.31. The fourth-order valence-corrected chi connectivity index (χ4v) is 0.663. The van der Waals surface area contributed by atoms with Crippen LogP contribution in [0.2, 0.25) is 6.55 Å². The van der Waals surface area contributed by atoms with E-state index in [4.69, 9.17) is 0 Å². The van der Waals surface area contributed by atoms with E-state index in [2.05, 4.69) is 44.7 Å². The van der Waals surface area contributed by atoms with Crippen LogP contribution in [-0.2, 0) is 0 Å². The van der Waals surface area contributed by atoms with Crippen molar-refractivity contribution < 1.29 is 0 Å². The molecule has 1 heteroatoms. The van der Waals surface area contributed by atoms with Gasteiger partial charge < -0.3 is 0 Å². The van der Waals surface area contributed by atoms with Crippen molar-refractivity contribution in [3.05, 3.63) is 35.4 Å². The third kappa shape index (κ3) is 2.83. The number of hydrogen-bond acceptors (Lipinski definition) is 0. The van der Waals surface area contributed by atoms with Crippen LogP contribution in [-0.4, -0.2) is 10.2 Å². The molecule has 0 aliphatic carbocycles. The molecule has 0 saturated carbocycles. The molecule has 0 spiro atoms. The van der Waals surface area contributed by atoms with Gasteiger partial charge in [0.25, 0.3) is 0 Å². The van der Waals surface area contributed by atoms with Crippen LogP contribution in [0.3, 0.4) is 0 Å². The zero-order chi connectivity index (χ0) is 7.98. The Balaban J connectivity index is 0.000000371. The van der Waals surface area contributed by atoms with Crippen molar-refractivity contribution in [1.82, 2.24) is 0 Å². The Hall–Kier alpha value is -0.563. The summed E-state index contributed by atoms with van der Waals surface area (Å²) in [6.07, 6.45) is 0. The molecule has 0 bridgehead atoms. The van der Waals surface area contributed by atoms with E-state index in [1.165, 1.54) is 21.4 Å². The van der Waals surface area contributed by atoms with E-state index in [0.29, 0.717) is 0 Å². The molecule has 0 unspecified atom stereocenters. The molecule has 56 valence electrons. The number of benzene rings is 1. The lowest BCUT2D eigenvalue weighted by atomic mass is 10.1. The Labute approximate surface area is 66.7 Å². The van der Waals surface area contributed by atoms with Gasteiger partial charge in [0.15, 0.2) is 0 Å². The first-order valence-electron chi connectivity index (χ1n) is 3.83. The Morgan fingerprint density at radius 2 is 1.20 bits per heavy atom. The average molecular weight is 152 g/mol. The lowest BCUT2D eigenvalue weighted by Crippen LogP contribution is -1.74. The first kappa shape index (κ1) is 9.44. The van der Waals surface area contributed by atoms with E-state index < -0.39 is 0 Å². The zero-order valence-electron chi connectivity index (χ0n) is 7.31. The molecule has 0 atom stereocenters. The summed E-state index contributed by atoms with van der Waals surface area (Å²) >= 11 is 0. The SMILES string of the molecule is C[SiH3].Cc1ccccc1C. The number of hydrogen-bond donors (Lipinski definition) is 0. The van der Waals surface area contributed by atoms with Crippen LogP contribution in [0, 0.1) is 13.8 Å². The summed E-state index contributed by atoms with van der Waals surface area (Å²) in [5.74, 6) is 0. The van der Waals surface area contributed by atoms with Gasteiger partial charge in [-0.2, -0.15) is 0 Å². The van der Waals surface area contributed by atoms with Crippen LogP contribution < -0.4 is 0 Å². The minimum atomic E-state index is 1.31. The van der Waals surface area contributed by atoms with Crippen molar-refractivity contribution in [2.45, 2.75) is 20.4 Å². The van der Waals surface area contributed by atoms with Crippen molar-refractivity contribution in [1.29, 1.82) is 0 Å². The van der Waals surface area contributed by atoms with E-state index in [1.807, 2.05) is 0 Å². The normalized spacial score (nSPS) is 8.30. The van der Waals surface area contributed by atoms with Crippen LogP contribution in [0.25, 0.3) is 0 Å². The first-order valence-corrected chi connectivity index (χ1v) is 5.83. The highest BCUT2D eigenvalue weighted by Crippen LogP contribution is 2.02. The maximum atomic E-state index is 2.14. The maximum Gasteiger partial charge on any atom is -0.000585 e. The quantitative estimate of drug-likeness (QED) is 0.496. The van der Waals surface area contributed by atoms with Crippen molar-refractivity contribution in [3.8, 4) is 0 Å². The van der Waals surface area contributed by atoms with Gasteiger partial charge in [-0.3, -0.25) is 0 Å². The van der Waals surface area contributed by atoms with Crippen molar-refractivity contribution in [2.75, 3.05) is 0 Å². The molecule has 10 heavy (non-hydrogen) atoms. The summed E-state index contributed by atoms with van der Waals surface area (Å²) < 4.78 is 0. The van der Waals surface area contributed by atoms with Gasteiger partial charge in [-0.1, -0.05) is 30.8 Å². The van der Waals surface area contributed by atoms with Crippen LogP contribution in [0.1, 0.15) is 11.1 Å². The third-order valence-electron chi connectivity index (χ3n) is 1.43. The molecule has 1 rings (SSSR count).